The zero-order valence-corrected chi connectivity index (χ0v) is 9.82. The van der Waals surface area contributed by atoms with E-state index in [9.17, 15) is 0 Å². The first-order valence-electron chi connectivity index (χ1n) is 4.50. The van der Waals surface area contributed by atoms with E-state index in [1.807, 2.05) is 31.3 Å². The number of halogens is 1. The number of rotatable bonds is 2. The Kier molecular flexibility index (Phi) is 2.64. The van der Waals surface area contributed by atoms with E-state index in [0.717, 1.165) is 16.0 Å². The Morgan fingerprint density at radius 1 is 1.33 bits per heavy atom. The first-order chi connectivity index (χ1) is 7.20. The number of anilines is 2. The highest BCUT2D eigenvalue weighted by atomic mass is 79.9. The summed E-state index contributed by atoms with van der Waals surface area (Å²) >= 11 is 3.38. The molecule has 5 heteroatoms. The Morgan fingerprint density at radius 3 is 2.53 bits per heavy atom. The maximum absolute atomic E-state index is 5.84. The highest BCUT2D eigenvalue weighted by molar-refractivity contribution is 9.10. The highest BCUT2D eigenvalue weighted by Gasteiger charge is 2.04. The molecular weight excluding hydrogens is 256 g/mol. The molecule has 1 aromatic carbocycles. The molecule has 4 nitrogen and oxygen atoms in total. The second kappa shape index (κ2) is 3.94. The van der Waals surface area contributed by atoms with Gasteiger partial charge in [-0.25, -0.2) is 4.68 Å². The minimum absolute atomic E-state index is 0.613. The molecule has 15 heavy (non-hydrogen) atoms. The number of benzene rings is 1. The fourth-order valence-corrected chi connectivity index (χ4v) is 1.57. The lowest BCUT2D eigenvalue weighted by Crippen LogP contribution is -2.01. The standard InChI is InChI=1S/C10H11BrN4/c1-13-10-6-9(12)15(14-10)8-4-2-7(11)3-5-8/h2-6H,12H2,1H3,(H,13,14). The number of hydrogen-bond acceptors (Lipinski definition) is 3. The van der Waals surface area contributed by atoms with Crippen LogP contribution in [0.3, 0.4) is 0 Å². The molecule has 0 amide bonds. The summed E-state index contributed by atoms with van der Waals surface area (Å²) in [7, 11) is 1.81. The maximum Gasteiger partial charge on any atom is 0.150 e. The zero-order valence-electron chi connectivity index (χ0n) is 8.24. The van der Waals surface area contributed by atoms with Crippen LogP contribution in [-0.2, 0) is 0 Å². The van der Waals surface area contributed by atoms with Gasteiger partial charge in [-0.3, -0.25) is 0 Å². The third-order valence-electron chi connectivity index (χ3n) is 2.06. The summed E-state index contributed by atoms with van der Waals surface area (Å²) in [6.07, 6.45) is 0. The van der Waals surface area contributed by atoms with E-state index in [1.165, 1.54) is 0 Å². The number of nitrogen functional groups attached to an aromatic ring is 1. The molecule has 0 saturated heterocycles. The monoisotopic (exact) mass is 266 g/mol. The quantitative estimate of drug-likeness (QED) is 0.877. The summed E-state index contributed by atoms with van der Waals surface area (Å²) in [5.74, 6) is 1.37. The van der Waals surface area contributed by atoms with Crippen LogP contribution in [0, 0.1) is 0 Å². The van der Waals surface area contributed by atoms with Crippen molar-refractivity contribution in [3.8, 4) is 5.69 Å². The smallest absolute Gasteiger partial charge is 0.150 e. The predicted molar refractivity (Wildman–Crippen MR) is 65.2 cm³/mol. The van der Waals surface area contributed by atoms with Gasteiger partial charge in [0.15, 0.2) is 0 Å². The molecule has 0 fully saturated rings. The lowest BCUT2D eigenvalue weighted by Gasteiger charge is -2.03. The van der Waals surface area contributed by atoms with E-state index in [-0.39, 0.29) is 0 Å². The average molecular weight is 267 g/mol. The van der Waals surface area contributed by atoms with Gasteiger partial charge >= 0.3 is 0 Å². The zero-order chi connectivity index (χ0) is 10.8. The molecular formula is C10H11BrN4. The van der Waals surface area contributed by atoms with Gasteiger partial charge in [0.1, 0.15) is 11.6 Å². The Morgan fingerprint density at radius 2 is 2.00 bits per heavy atom. The number of nitrogens with one attached hydrogen (secondary N) is 1. The van der Waals surface area contributed by atoms with Crippen LogP contribution < -0.4 is 11.1 Å². The van der Waals surface area contributed by atoms with E-state index in [0.29, 0.717) is 5.82 Å². The fourth-order valence-electron chi connectivity index (χ4n) is 1.31. The summed E-state index contributed by atoms with van der Waals surface area (Å²) in [4.78, 5) is 0. The van der Waals surface area contributed by atoms with Crippen LogP contribution in [0.1, 0.15) is 0 Å². The molecule has 0 saturated carbocycles. The van der Waals surface area contributed by atoms with E-state index >= 15 is 0 Å². The molecule has 0 unspecified atom stereocenters. The molecule has 1 heterocycles. The third-order valence-corrected chi connectivity index (χ3v) is 2.59. The summed E-state index contributed by atoms with van der Waals surface area (Å²) in [6.45, 7) is 0. The maximum atomic E-state index is 5.84. The Hall–Kier alpha value is -1.49. The van der Waals surface area contributed by atoms with Crippen molar-refractivity contribution in [1.29, 1.82) is 0 Å². The first-order valence-corrected chi connectivity index (χ1v) is 5.29. The van der Waals surface area contributed by atoms with Crippen LogP contribution in [0.25, 0.3) is 5.69 Å². The van der Waals surface area contributed by atoms with Crippen LogP contribution in [0.15, 0.2) is 34.8 Å². The van der Waals surface area contributed by atoms with Crippen molar-refractivity contribution in [2.75, 3.05) is 18.1 Å². The Bertz CT molecular complexity index is 461. The van der Waals surface area contributed by atoms with Gasteiger partial charge in [-0.15, -0.1) is 5.10 Å². The van der Waals surface area contributed by atoms with E-state index in [1.54, 1.807) is 10.7 Å². The average Bonchev–Trinajstić information content (AvgIpc) is 2.61. The topological polar surface area (TPSA) is 55.9 Å². The SMILES string of the molecule is CNc1cc(N)n(-c2ccc(Br)cc2)n1. The molecule has 3 N–H and O–H groups in total. The number of nitrogens with two attached hydrogens (primary N) is 1. The summed E-state index contributed by atoms with van der Waals surface area (Å²) < 4.78 is 2.73. The minimum atomic E-state index is 0.613. The van der Waals surface area contributed by atoms with Crippen LogP contribution >= 0.6 is 15.9 Å². The molecule has 0 aliphatic heterocycles. The van der Waals surface area contributed by atoms with Crippen molar-refractivity contribution < 1.29 is 0 Å². The van der Waals surface area contributed by atoms with Crippen molar-refractivity contribution in [3.63, 3.8) is 0 Å². The third kappa shape index (κ3) is 1.97. The Labute approximate surface area is 96.2 Å². The molecule has 0 aliphatic rings. The van der Waals surface area contributed by atoms with E-state index in [4.69, 9.17) is 5.73 Å². The number of aromatic nitrogens is 2. The van der Waals surface area contributed by atoms with Crippen LogP contribution in [-0.4, -0.2) is 16.8 Å². The highest BCUT2D eigenvalue weighted by Crippen LogP contribution is 2.18. The second-order valence-electron chi connectivity index (χ2n) is 3.09. The molecule has 0 bridgehead atoms. The van der Waals surface area contributed by atoms with Gasteiger partial charge in [-0.2, -0.15) is 0 Å². The second-order valence-corrected chi connectivity index (χ2v) is 4.01. The van der Waals surface area contributed by atoms with E-state index < -0.39 is 0 Å². The van der Waals surface area contributed by atoms with Crippen LogP contribution in [0.2, 0.25) is 0 Å². The molecule has 78 valence electrons. The van der Waals surface area contributed by atoms with Crippen molar-refractivity contribution in [1.82, 2.24) is 9.78 Å². The molecule has 1 aromatic heterocycles. The largest absolute Gasteiger partial charge is 0.384 e. The lowest BCUT2D eigenvalue weighted by atomic mass is 10.3. The predicted octanol–water partition coefficient (Wildman–Crippen LogP) is 2.26. The molecule has 2 aromatic rings. The summed E-state index contributed by atoms with van der Waals surface area (Å²) in [5.41, 5.74) is 6.78. The van der Waals surface area contributed by atoms with E-state index in [2.05, 4.69) is 26.3 Å². The molecule has 0 aliphatic carbocycles. The summed E-state index contributed by atoms with van der Waals surface area (Å²) in [6, 6.07) is 9.60. The fraction of sp³-hybridized carbons (Fsp3) is 0.100. The Balaban J connectivity index is 2.44. The van der Waals surface area contributed by atoms with Crippen molar-refractivity contribution in [2.45, 2.75) is 0 Å². The van der Waals surface area contributed by atoms with Gasteiger partial charge in [0.2, 0.25) is 0 Å². The normalized spacial score (nSPS) is 10.3. The van der Waals surface area contributed by atoms with Gasteiger partial charge < -0.3 is 11.1 Å². The lowest BCUT2D eigenvalue weighted by molar-refractivity contribution is 0.893. The van der Waals surface area contributed by atoms with Gasteiger partial charge in [0.25, 0.3) is 0 Å². The first kappa shape index (κ1) is 10.0. The van der Waals surface area contributed by atoms with Crippen LogP contribution in [0.5, 0.6) is 0 Å². The van der Waals surface area contributed by atoms with Gasteiger partial charge in [-0.1, -0.05) is 15.9 Å². The molecule has 0 radical (unpaired) electrons. The molecule has 0 spiro atoms. The molecule has 2 rings (SSSR count). The van der Waals surface area contributed by atoms with Crippen LogP contribution in [0.4, 0.5) is 11.6 Å². The minimum Gasteiger partial charge on any atom is -0.384 e. The molecule has 0 atom stereocenters. The van der Waals surface area contributed by atoms with Gasteiger partial charge in [0.05, 0.1) is 5.69 Å². The van der Waals surface area contributed by atoms with Crippen molar-refractivity contribution >= 4 is 27.6 Å². The number of nitrogens with zero attached hydrogens (tertiary/aromatic N) is 2. The van der Waals surface area contributed by atoms with Crippen molar-refractivity contribution in [2.24, 2.45) is 0 Å². The number of hydrogen-bond donors (Lipinski definition) is 2. The summed E-state index contributed by atoms with van der Waals surface area (Å²) in [5, 5.41) is 7.24. The van der Waals surface area contributed by atoms with Crippen molar-refractivity contribution in [3.05, 3.63) is 34.8 Å². The van der Waals surface area contributed by atoms with Gasteiger partial charge in [-0.05, 0) is 24.3 Å². The van der Waals surface area contributed by atoms with Gasteiger partial charge in [0, 0.05) is 17.6 Å².